The Morgan fingerprint density at radius 2 is 2.23 bits per heavy atom. The number of nitrogens with zero attached hydrogens (tertiary/aromatic N) is 4. The summed E-state index contributed by atoms with van der Waals surface area (Å²) in [6.07, 6.45) is -1.73. The van der Waals surface area contributed by atoms with Crippen molar-refractivity contribution in [3.63, 3.8) is 0 Å². The van der Waals surface area contributed by atoms with Gasteiger partial charge >= 0.3 is 0 Å². The third-order valence-electron chi connectivity index (χ3n) is 3.80. The molecule has 0 aromatic carbocycles. The molecule has 10 heteroatoms. The molecule has 118 valence electrons. The van der Waals surface area contributed by atoms with Gasteiger partial charge < -0.3 is 31.0 Å². The number of aliphatic hydroxyl groups excluding tert-OH is 3. The van der Waals surface area contributed by atoms with E-state index in [1.807, 2.05) is 0 Å². The van der Waals surface area contributed by atoms with Gasteiger partial charge in [-0.25, -0.2) is 9.50 Å². The fourth-order valence-electron chi connectivity index (χ4n) is 2.71. The fourth-order valence-corrected chi connectivity index (χ4v) is 2.71. The second-order valence-electron chi connectivity index (χ2n) is 4.97. The SMILES string of the molecule is Nc1ncnn2c([C@]3(/C=N/O)O[C@H](CO)C(O)[C@@H]3O)ccc12. The third-order valence-corrected chi connectivity index (χ3v) is 3.80. The molecule has 6 N–H and O–H groups in total. The minimum absolute atomic E-state index is 0.212. The minimum Gasteiger partial charge on any atom is -0.411 e. The highest BCUT2D eigenvalue weighted by Crippen LogP contribution is 2.39. The molecule has 0 saturated carbocycles. The van der Waals surface area contributed by atoms with E-state index in [-0.39, 0.29) is 11.5 Å². The molecule has 0 bridgehead atoms. The highest BCUT2D eigenvalue weighted by Gasteiger charge is 2.56. The van der Waals surface area contributed by atoms with Crippen LogP contribution in [-0.2, 0) is 10.3 Å². The van der Waals surface area contributed by atoms with E-state index in [4.69, 9.17) is 15.7 Å². The lowest BCUT2D eigenvalue weighted by atomic mass is 9.92. The van der Waals surface area contributed by atoms with Crippen LogP contribution in [0.5, 0.6) is 0 Å². The number of rotatable bonds is 3. The van der Waals surface area contributed by atoms with Crippen LogP contribution in [0.2, 0.25) is 0 Å². The normalized spacial score (nSPS) is 32.2. The molecule has 1 aliphatic heterocycles. The quantitative estimate of drug-likeness (QED) is 0.249. The van der Waals surface area contributed by atoms with Gasteiger partial charge in [-0.1, -0.05) is 5.16 Å². The van der Waals surface area contributed by atoms with Crippen molar-refractivity contribution >= 4 is 17.5 Å². The Bertz CT molecular complexity index is 719. The molecule has 4 atom stereocenters. The van der Waals surface area contributed by atoms with Gasteiger partial charge in [-0.2, -0.15) is 5.10 Å². The minimum atomic E-state index is -1.69. The van der Waals surface area contributed by atoms with E-state index in [2.05, 4.69) is 15.2 Å². The molecule has 0 amide bonds. The van der Waals surface area contributed by atoms with Crippen molar-refractivity contribution < 1.29 is 25.3 Å². The topological polar surface area (TPSA) is 159 Å². The van der Waals surface area contributed by atoms with Crippen LogP contribution in [-0.4, -0.2) is 66.3 Å². The predicted molar refractivity (Wildman–Crippen MR) is 73.3 cm³/mol. The highest BCUT2D eigenvalue weighted by atomic mass is 16.6. The van der Waals surface area contributed by atoms with Gasteiger partial charge in [-0.15, -0.1) is 0 Å². The molecule has 0 aliphatic carbocycles. The first-order valence-corrected chi connectivity index (χ1v) is 6.47. The van der Waals surface area contributed by atoms with Gasteiger partial charge in [-0.05, 0) is 12.1 Å². The molecular formula is C12H15N5O5. The summed E-state index contributed by atoms with van der Waals surface area (Å²) in [5, 5.41) is 45.5. The standard InChI is InChI=1S/C12H15N5O5/c13-11-6-1-2-8(17(6)15-5-14-11)12(4-16-21)10(20)9(19)7(3-18)22-12/h1-2,4-5,7,9-10,18-21H,3H2,(H2,13,14,15)/b16-4+/t7-,9?,10+,12+/m1/s1. The lowest BCUT2D eigenvalue weighted by molar-refractivity contribution is -0.0546. The van der Waals surface area contributed by atoms with Gasteiger partial charge in [0.05, 0.1) is 18.5 Å². The second kappa shape index (κ2) is 5.18. The Balaban J connectivity index is 2.21. The van der Waals surface area contributed by atoms with Crippen molar-refractivity contribution in [2.45, 2.75) is 23.9 Å². The number of hydrogen-bond acceptors (Lipinski definition) is 9. The maximum Gasteiger partial charge on any atom is 0.177 e. The van der Waals surface area contributed by atoms with E-state index in [1.54, 1.807) is 12.1 Å². The van der Waals surface area contributed by atoms with E-state index < -0.39 is 30.5 Å². The average molecular weight is 309 g/mol. The van der Waals surface area contributed by atoms with Crippen molar-refractivity contribution in [1.82, 2.24) is 14.6 Å². The zero-order valence-corrected chi connectivity index (χ0v) is 11.3. The first-order valence-electron chi connectivity index (χ1n) is 6.47. The zero-order chi connectivity index (χ0) is 15.9. The molecule has 3 rings (SSSR count). The summed E-state index contributed by atoms with van der Waals surface area (Å²) in [6.45, 7) is -0.514. The fraction of sp³-hybridized carbons (Fsp3) is 0.417. The molecule has 2 aromatic rings. The molecule has 22 heavy (non-hydrogen) atoms. The van der Waals surface area contributed by atoms with E-state index in [0.29, 0.717) is 5.52 Å². The molecule has 10 nitrogen and oxygen atoms in total. The van der Waals surface area contributed by atoms with E-state index in [0.717, 1.165) is 6.21 Å². The molecule has 1 unspecified atom stereocenters. The number of anilines is 1. The van der Waals surface area contributed by atoms with Gasteiger partial charge in [0.1, 0.15) is 30.2 Å². The van der Waals surface area contributed by atoms with Crippen molar-refractivity contribution in [2.24, 2.45) is 5.16 Å². The van der Waals surface area contributed by atoms with Crippen molar-refractivity contribution in [3.8, 4) is 0 Å². The highest BCUT2D eigenvalue weighted by molar-refractivity contribution is 5.75. The monoisotopic (exact) mass is 309 g/mol. The molecule has 0 spiro atoms. The smallest absolute Gasteiger partial charge is 0.177 e. The van der Waals surface area contributed by atoms with Crippen LogP contribution in [0.4, 0.5) is 5.82 Å². The summed E-state index contributed by atoms with van der Waals surface area (Å²) in [6, 6.07) is 3.16. The average Bonchev–Trinajstić information content (AvgIpc) is 3.04. The molecule has 1 saturated heterocycles. The lowest BCUT2D eigenvalue weighted by Crippen LogP contribution is -2.43. The summed E-state index contributed by atoms with van der Waals surface area (Å²) in [5.74, 6) is 0.212. The first kappa shape index (κ1) is 14.7. The first-order chi connectivity index (χ1) is 10.5. The van der Waals surface area contributed by atoms with Crippen LogP contribution in [0.3, 0.4) is 0 Å². The van der Waals surface area contributed by atoms with Crippen LogP contribution in [0, 0.1) is 0 Å². The maximum atomic E-state index is 10.4. The van der Waals surface area contributed by atoms with Crippen molar-refractivity contribution in [2.75, 3.05) is 12.3 Å². The molecule has 0 radical (unpaired) electrons. The summed E-state index contributed by atoms with van der Waals surface area (Å²) < 4.78 is 6.93. The van der Waals surface area contributed by atoms with Gasteiger partial charge in [0.2, 0.25) is 0 Å². The van der Waals surface area contributed by atoms with E-state index in [9.17, 15) is 15.3 Å². The Morgan fingerprint density at radius 3 is 2.86 bits per heavy atom. The van der Waals surface area contributed by atoms with Crippen LogP contribution >= 0.6 is 0 Å². The Labute approximate surface area is 124 Å². The molecule has 1 aliphatic rings. The van der Waals surface area contributed by atoms with Crippen LogP contribution in [0.25, 0.3) is 5.52 Å². The Morgan fingerprint density at radius 1 is 1.45 bits per heavy atom. The van der Waals surface area contributed by atoms with Crippen LogP contribution in [0.15, 0.2) is 23.6 Å². The number of nitrogens with two attached hydrogens (primary N) is 1. The molecule has 1 fully saturated rings. The van der Waals surface area contributed by atoms with E-state index >= 15 is 0 Å². The summed E-state index contributed by atoms with van der Waals surface area (Å²) in [5.41, 5.74) is 4.80. The largest absolute Gasteiger partial charge is 0.411 e. The number of ether oxygens (including phenoxy) is 1. The number of aromatic nitrogens is 3. The Hall–Kier alpha value is -2.27. The zero-order valence-electron chi connectivity index (χ0n) is 11.3. The number of oxime groups is 1. The number of hydrogen-bond donors (Lipinski definition) is 5. The van der Waals surface area contributed by atoms with Crippen molar-refractivity contribution in [3.05, 3.63) is 24.2 Å². The molecule has 3 heterocycles. The Kier molecular flexibility index (Phi) is 3.45. The van der Waals surface area contributed by atoms with Gasteiger partial charge in [0.25, 0.3) is 0 Å². The van der Waals surface area contributed by atoms with Gasteiger partial charge in [0, 0.05) is 0 Å². The number of fused-ring (bicyclic) bond motifs is 1. The van der Waals surface area contributed by atoms with Crippen LogP contribution in [0.1, 0.15) is 5.69 Å². The van der Waals surface area contributed by atoms with Crippen molar-refractivity contribution in [1.29, 1.82) is 0 Å². The third kappa shape index (κ3) is 1.85. The van der Waals surface area contributed by atoms with Crippen LogP contribution < -0.4 is 5.73 Å². The predicted octanol–water partition coefficient (Wildman–Crippen LogP) is -1.92. The summed E-state index contributed by atoms with van der Waals surface area (Å²) in [7, 11) is 0. The number of aliphatic hydroxyl groups is 3. The number of nitrogen functional groups attached to an aromatic ring is 1. The van der Waals surface area contributed by atoms with Gasteiger partial charge in [-0.3, -0.25) is 0 Å². The lowest BCUT2D eigenvalue weighted by Gasteiger charge is -2.27. The molecular weight excluding hydrogens is 294 g/mol. The van der Waals surface area contributed by atoms with E-state index in [1.165, 1.54) is 10.8 Å². The molecule has 2 aromatic heterocycles. The maximum absolute atomic E-state index is 10.4. The second-order valence-corrected chi connectivity index (χ2v) is 4.97. The summed E-state index contributed by atoms with van der Waals surface area (Å²) in [4.78, 5) is 3.85. The van der Waals surface area contributed by atoms with Gasteiger partial charge in [0.15, 0.2) is 11.4 Å². The summed E-state index contributed by atoms with van der Waals surface area (Å²) >= 11 is 0.